The van der Waals surface area contributed by atoms with Gasteiger partial charge in [0.25, 0.3) is 5.91 Å². The van der Waals surface area contributed by atoms with Gasteiger partial charge >= 0.3 is 5.97 Å². The highest BCUT2D eigenvalue weighted by Crippen LogP contribution is 2.40. The van der Waals surface area contributed by atoms with E-state index in [1.165, 1.54) is 18.4 Å². The van der Waals surface area contributed by atoms with Crippen molar-refractivity contribution in [3.63, 3.8) is 0 Å². The van der Waals surface area contributed by atoms with Gasteiger partial charge in [0.15, 0.2) is 0 Å². The normalized spacial score (nSPS) is 12.6. The quantitative estimate of drug-likeness (QED) is 0.376. The topological polar surface area (TPSA) is 68.3 Å². The Hall–Kier alpha value is -3.51. The molecule has 0 saturated carbocycles. The minimum absolute atomic E-state index is 0.246. The Kier molecular flexibility index (Phi) is 5.46. The monoisotopic (exact) mass is 456 g/mol. The molecule has 5 rings (SSSR count). The maximum atomic E-state index is 13.7. The number of pyridine rings is 1. The number of rotatable bonds is 4. The summed E-state index contributed by atoms with van der Waals surface area (Å²) in [5.74, 6) is -0.647. The van der Waals surface area contributed by atoms with Gasteiger partial charge in [-0.05, 0) is 50.3 Å². The van der Waals surface area contributed by atoms with Crippen LogP contribution in [0.25, 0.3) is 22.2 Å². The van der Waals surface area contributed by atoms with E-state index >= 15 is 0 Å². The van der Waals surface area contributed by atoms with Crippen molar-refractivity contribution in [2.24, 2.45) is 0 Å². The van der Waals surface area contributed by atoms with E-state index in [0.29, 0.717) is 16.1 Å². The number of nitrogens with zero attached hydrogens (tertiary/aromatic N) is 1. The predicted molar refractivity (Wildman–Crippen MR) is 132 cm³/mol. The highest BCUT2D eigenvalue weighted by atomic mass is 32.1. The number of aryl methyl sites for hydroxylation is 2. The van der Waals surface area contributed by atoms with Crippen LogP contribution in [0.15, 0.2) is 48.5 Å². The molecule has 0 spiro atoms. The van der Waals surface area contributed by atoms with Crippen LogP contribution in [0.1, 0.15) is 48.7 Å². The van der Waals surface area contributed by atoms with Gasteiger partial charge in [-0.25, -0.2) is 9.78 Å². The van der Waals surface area contributed by atoms with Crippen LogP contribution in [0, 0.1) is 13.8 Å². The van der Waals surface area contributed by atoms with Crippen LogP contribution in [0.2, 0.25) is 0 Å². The fourth-order valence-corrected chi connectivity index (χ4v) is 5.84. The maximum Gasteiger partial charge on any atom is 0.341 e. The summed E-state index contributed by atoms with van der Waals surface area (Å²) in [5, 5.41) is 4.39. The molecule has 1 amide bonds. The van der Waals surface area contributed by atoms with E-state index in [4.69, 9.17) is 9.72 Å². The third kappa shape index (κ3) is 3.70. The lowest BCUT2D eigenvalue weighted by molar-refractivity contribution is 0.0601. The Morgan fingerprint density at radius 2 is 1.76 bits per heavy atom. The number of methoxy groups -OCH3 is 1. The van der Waals surface area contributed by atoms with E-state index in [9.17, 15) is 9.59 Å². The van der Waals surface area contributed by atoms with Gasteiger partial charge < -0.3 is 10.1 Å². The number of para-hydroxylation sites is 1. The lowest BCUT2D eigenvalue weighted by Gasteiger charge is -2.15. The first-order valence-electron chi connectivity index (χ1n) is 11.0. The van der Waals surface area contributed by atoms with E-state index in [1.54, 1.807) is 0 Å². The molecule has 0 unspecified atom stereocenters. The van der Waals surface area contributed by atoms with Gasteiger partial charge in [0.05, 0.1) is 29.4 Å². The van der Waals surface area contributed by atoms with Crippen LogP contribution in [-0.2, 0) is 17.6 Å². The molecule has 1 aliphatic carbocycles. The molecule has 0 atom stereocenters. The minimum Gasteiger partial charge on any atom is -0.465 e. The van der Waals surface area contributed by atoms with E-state index in [1.807, 2.05) is 62.4 Å². The number of benzene rings is 2. The molecule has 2 aromatic carbocycles. The van der Waals surface area contributed by atoms with Crippen LogP contribution < -0.4 is 5.32 Å². The number of ether oxygens (including phenoxy) is 1. The van der Waals surface area contributed by atoms with E-state index in [2.05, 4.69) is 5.32 Å². The Morgan fingerprint density at radius 1 is 1.00 bits per heavy atom. The number of hydrogen-bond donors (Lipinski definition) is 1. The smallest absolute Gasteiger partial charge is 0.341 e. The molecule has 0 saturated heterocycles. The van der Waals surface area contributed by atoms with Crippen LogP contribution >= 0.6 is 11.3 Å². The summed E-state index contributed by atoms with van der Waals surface area (Å²) in [6.07, 6.45) is 2.78. The second-order valence-corrected chi connectivity index (χ2v) is 9.46. The summed E-state index contributed by atoms with van der Waals surface area (Å²) in [7, 11) is 1.38. The Balaban J connectivity index is 1.63. The summed E-state index contributed by atoms with van der Waals surface area (Å²) < 4.78 is 5.03. The first-order chi connectivity index (χ1) is 16.0. The predicted octanol–water partition coefficient (Wildman–Crippen LogP) is 6.11. The molecular weight excluding hydrogens is 432 g/mol. The molecule has 5 nitrogen and oxygen atoms in total. The number of aromatic nitrogens is 1. The Bertz CT molecular complexity index is 1400. The van der Waals surface area contributed by atoms with Crippen molar-refractivity contribution in [1.82, 2.24) is 4.98 Å². The molecule has 6 heteroatoms. The van der Waals surface area contributed by atoms with E-state index in [0.717, 1.165) is 63.0 Å². The molecule has 0 aliphatic heterocycles. The largest absolute Gasteiger partial charge is 0.465 e. The fraction of sp³-hybridized carbons (Fsp3) is 0.222. The third-order valence-corrected chi connectivity index (χ3v) is 7.43. The number of amides is 1. The van der Waals surface area contributed by atoms with Crippen molar-refractivity contribution in [1.29, 1.82) is 0 Å². The molecule has 1 N–H and O–H groups in total. The SMILES string of the molecule is COC(=O)c1c(NC(=O)c2c(C)c(-c3ccc(C)cc3)nc3ccccc23)sc2c1CCC2. The number of carbonyl (C=O) groups excluding carboxylic acids is 2. The van der Waals surface area contributed by atoms with Gasteiger partial charge in [0.1, 0.15) is 5.00 Å². The molecular formula is C27H24N2O3S. The highest BCUT2D eigenvalue weighted by molar-refractivity contribution is 7.17. The average Bonchev–Trinajstić information content (AvgIpc) is 3.39. The van der Waals surface area contributed by atoms with Gasteiger partial charge in [-0.3, -0.25) is 4.79 Å². The van der Waals surface area contributed by atoms with Crippen LogP contribution in [0.4, 0.5) is 5.00 Å². The third-order valence-electron chi connectivity index (χ3n) is 6.23. The Morgan fingerprint density at radius 3 is 2.52 bits per heavy atom. The molecule has 0 fully saturated rings. The van der Waals surface area contributed by atoms with Crippen molar-refractivity contribution in [2.45, 2.75) is 33.1 Å². The highest BCUT2D eigenvalue weighted by Gasteiger charge is 2.29. The number of esters is 1. The summed E-state index contributed by atoms with van der Waals surface area (Å²) in [4.78, 5) is 32.3. The zero-order valence-electron chi connectivity index (χ0n) is 18.8. The molecule has 33 heavy (non-hydrogen) atoms. The number of thiophene rings is 1. The molecule has 4 aromatic rings. The lowest BCUT2D eigenvalue weighted by Crippen LogP contribution is -2.17. The maximum absolute atomic E-state index is 13.7. The molecule has 2 heterocycles. The van der Waals surface area contributed by atoms with Crippen molar-refractivity contribution in [3.8, 4) is 11.3 Å². The van der Waals surface area contributed by atoms with E-state index in [-0.39, 0.29) is 5.91 Å². The number of nitrogens with one attached hydrogen (secondary N) is 1. The summed E-state index contributed by atoms with van der Waals surface area (Å²) in [6.45, 7) is 3.97. The van der Waals surface area contributed by atoms with Gasteiger partial charge in [-0.15, -0.1) is 11.3 Å². The van der Waals surface area contributed by atoms with Gasteiger partial charge in [0.2, 0.25) is 0 Å². The minimum atomic E-state index is -0.402. The number of fused-ring (bicyclic) bond motifs is 2. The number of anilines is 1. The van der Waals surface area contributed by atoms with Crippen LogP contribution in [-0.4, -0.2) is 24.0 Å². The van der Waals surface area contributed by atoms with Crippen molar-refractivity contribution in [3.05, 3.63) is 81.2 Å². The summed E-state index contributed by atoms with van der Waals surface area (Å²) >= 11 is 1.48. The number of carbonyl (C=O) groups is 2. The van der Waals surface area contributed by atoms with Crippen molar-refractivity contribution >= 4 is 39.1 Å². The van der Waals surface area contributed by atoms with E-state index < -0.39 is 5.97 Å². The van der Waals surface area contributed by atoms with Gasteiger partial charge in [-0.2, -0.15) is 0 Å². The summed E-state index contributed by atoms with van der Waals surface area (Å²) in [5.41, 5.74) is 6.54. The zero-order chi connectivity index (χ0) is 23.1. The fourth-order valence-electron chi connectivity index (χ4n) is 4.57. The zero-order valence-corrected chi connectivity index (χ0v) is 19.6. The van der Waals surface area contributed by atoms with Crippen LogP contribution in [0.5, 0.6) is 0 Å². The molecule has 2 aromatic heterocycles. The van der Waals surface area contributed by atoms with Crippen molar-refractivity contribution < 1.29 is 14.3 Å². The van der Waals surface area contributed by atoms with Crippen LogP contribution in [0.3, 0.4) is 0 Å². The second-order valence-electron chi connectivity index (χ2n) is 8.35. The number of hydrogen-bond acceptors (Lipinski definition) is 5. The lowest BCUT2D eigenvalue weighted by atomic mass is 9.96. The molecule has 0 radical (unpaired) electrons. The second kappa shape index (κ2) is 8.45. The Labute approximate surface area is 196 Å². The van der Waals surface area contributed by atoms with Crippen molar-refractivity contribution in [2.75, 3.05) is 12.4 Å². The summed E-state index contributed by atoms with van der Waals surface area (Å²) in [6, 6.07) is 15.8. The molecule has 166 valence electrons. The average molecular weight is 457 g/mol. The molecule has 1 aliphatic rings. The first kappa shape index (κ1) is 21.3. The standard InChI is InChI=1S/C27H24N2O3S/c1-15-11-13-17(14-12-15)24-16(2)22(18-7-4-5-9-20(18)28-24)25(30)29-26-23(27(31)32-3)19-8-6-10-21(19)33-26/h4-5,7,9,11-14H,6,8,10H2,1-3H3,(H,29,30). The first-order valence-corrected chi connectivity index (χ1v) is 11.8. The van der Waals surface area contributed by atoms with Gasteiger partial charge in [-0.1, -0.05) is 48.0 Å². The molecule has 0 bridgehead atoms. The van der Waals surface area contributed by atoms with Gasteiger partial charge in [0, 0.05) is 15.8 Å².